The van der Waals surface area contributed by atoms with E-state index < -0.39 is 94.7 Å². The van der Waals surface area contributed by atoms with Crippen LogP contribution in [0.2, 0.25) is 0 Å². The molecule has 43 heavy (non-hydrogen) atoms. The number of ketones is 1. The van der Waals surface area contributed by atoms with Crippen molar-refractivity contribution in [2.45, 2.75) is 65.4 Å². The number of carbonyl (C=O) groups is 1. The van der Waals surface area contributed by atoms with Gasteiger partial charge in [0.25, 0.3) is 22.9 Å². The number of ether oxygens (including phenoxy) is 2. The number of carbonyl (C=O) groups excluding carboxylic acids is 1. The first-order chi connectivity index (χ1) is 18.8. The van der Waals surface area contributed by atoms with Crippen molar-refractivity contribution in [3.05, 3.63) is 23.3 Å². The third-order valence-electron chi connectivity index (χ3n) is 6.85. The first-order valence-corrected chi connectivity index (χ1v) is 11.2. The molecule has 1 aromatic carbocycles. The Bertz CT molecular complexity index is 1260. The van der Waals surface area contributed by atoms with Gasteiger partial charge in [-0.05, 0) is 29.7 Å². The van der Waals surface area contributed by atoms with E-state index in [0.717, 1.165) is 0 Å². The smallest absolute Gasteiger partial charge is 0.423 e. The number of hydrogen-bond acceptors (Lipinski definition) is 24. The predicted molar refractivity (Wildman–Crippen MR) is 117 cm³/mol. The molecule has 1 fully saturated rings. The normalized spacial score (nSPS) is 25.2. The van der Waals surface area contributed by atoms with E-state index in [1.165, 1.54) is 0 Å². The molecule has 2 heterocycles. The lowest BCUT2D eigenvalue weighted by atomic mass is 9.65. The number of piperidine rings is 1. The molecule has 246 valence electrons. The van der Waals surface area contributed by atoms with Crippen LogP contribution in [0.1, 0.15) is 17.2 Å². The van der Waals surface area contributed by atoms with Gasteiger partial charge in [0.1, 0.15) is 6.04 Å². The molecule has 2 aliphatic rings. The molecule has 1 aromatic rings. The summed E-state index contributed by atoms with van der Waals surface area (Å²) >= 11 is 0. The monoisotopic (exact) mass is 636 g/mol. The molecule has 0 bridgehead atoms. The van der Waals surface area contributed by atoms with Crippen molar-refractivity contribution in [3.8, 4) is 11.5 Å². The molecular weight excluding hydrogens is 608 g/mol. The van der Waals surface area contributed by atoms with Gasteiger partial charge in [-0.3, -0.25) is 4.79 Å². The van der Waals surface area contributed by atoms with Crippen LogP contribution in [-0.2, 0) is 11.2 Å². The van der Waals surface area contributed by atoms with Gasteiger partial charge in [0.05, 0.1) is 0 Å². The molecule has 2 atom stereocenters. The second-order valence-electron chi connectivity index (χ2n) is 9.83. The number of benzene rings is 1. The highest BCUT2D eigenvalue weighted by molar-refractivity contribution is 5.97. The minimum absolute atomic E-state index is 0.188. The molecule has 1 saturated heterocycles. The average Bonchev–Trinajstić information content (AvgIpc) is 2.77. The van der Waals surface area contributed by atoms with Crippen LogP contribution in [0.3, 0.4) is 0 Å². The number of fused-ring (bicyclic) bond motifs is 3. The van der Waals surface area contributed by atoms with Gasteiger partial charge >= 0.3 is 24.2 Å². The zero-order chi connectivity index (χ0) is 33.8. The number of nitrogens with two attached hydrogens (primary N) is 1. The van der Waals surface area contributed by atoms with E-state index in [4.69, 9.17) is 21.1 Å². The third-order valence-corrected chi connectivity index (χ3v) is 6.85. The maximum Gasteiger partial charge on any atom is 0.453 e. The standard InChI is InChI=1S/C19H28N2O22/c20-18(37,38)42-8-4-6-5(3-7(8)43-19(39,40)41)1-2-21-9(6)11(23,24)10(22)12(25,15(21,29)30)14(27,28)13(26,16(31,32)33)17(34,35)36/h3-4,9,23-41H,1-2,20H2. The van der Waals surface area contributed by atoms with E-state index in [2.05, 4.69) is 9.47 Å². The summed E-state index contributed by atoms with van der Waals surface area (Å²) in [6.45, 7) is -1.08. The van der Waals surface area contributed by atoms with Crippen LogP contribution >= 0.6 is 0 Å². The average molecular weight is 636 g/mol. The first kappa shape index (κ1) is 35.1. The Morgan fingerprint density at radius 1 is 0.767 bits per heavy atom. The molecule has 0 saturated carbocycles. The Hall–Kier alpha value is -2.35. The summed E-state index contributed by atoms with van der Waals surface area (Å²) in [5, 5.41) is 189. The summed E-state index contributed by atoms with van der Waals surface area (Å²) in [4.78, 5) is 13.1. The fourth-order valence-electron chi connectivity index (χ4n) is 4.96. The number of Topliss-reactive ketones (excluding diaryl/α,β-unsaturated/α-hetero) is 1. The third kappa shape index (κ3) is 5.04. The minimum Gasteiger partial charge on any atom is -0.423 e. The van der Waals surface area contributed by atoms with Crippen LogP contribution in [0.5, 0.6) is 11.5 Å². The molecule has 0 radical (unpaired) electrons. The molecule has 2 aliphatic heterocycles. The fraction of sp³-hybridized carbons (Fsp3) is 0.632. The van der Waals surface area contributed by atoms with Crippen molar-refractivity contribution in [1.29, 1.82) is 0 Å². The summed E-state index contributed by atoms with van der Waals surface area (Å²) in [6.07, 6.45) is -8.27. The summed E-state index contributed by atoms with van der Waals surface area (Å²) in [6, 6.07) is -1.60. The SMILES string of the molecule is NC(O)(O)Oc1cc2c(cc1OC(O)(O)O)CCN1C2C(O)(O)C(=O)C(O)(C(O)(O)C(O)(C(O)(O)O)C(O)(O)O)C1(O)O. The van der Waals surface area contributed by atoms with Gasteiger partial charge in [-0.2, -0.15) is 0 Å². The first-order valence-electron chi connectivity index (χ1n) is 11.2. The number of aliphatic hydroxyl groups is 19. The van der Waals surface area contributed by atoms with Crippen molar-refractivity contribution in [1.82, 2.24) is 4.90 Å². The largest absolute Gasteiger partial charge is 0.453 e. The van der Waals surface area contributed by atoms with E-state index >= 15 is 0 Å². The number of nitrogens with zero attached hydrogens (tertiary/aromatic N) is 1. The second-order valence-corrected chi connectivity index (χ2v) is 9.83. The van der Waals surface area contributed by atoms with E-state index in [9.17, 15) is 86.5 Å². The highest BCUT2D eigenvalue weighted by Gasteiger charge is 2.88. The van der Waals surface area contributed by atoms with Gasteiger partial charge in [0.15, 0.2) is 11.5 Å². The molecule has 24 heteroatoms. The fourth-order valence-corrected chi connectivity index (χ4v) is 4.96. The molecule has 24 nitrogen and oxygen atoms in total. The van der Waals surface area contributed by atoms with Gasteiger partial charge in [0.2, 0.25) is 11.6 Å². The van der Waals surface area contributed by atoms with E-state index in [1.807, 2.05) is 0 Å². The Morgan fingerprint density at radius 3 is 1.65 bits per heavy atom. The number of rotatable bonds is 8. The van der Waals surface area contributed by atoms with Gasteiger partial charge in [-0.15, -0.1) is 0 Å². The highest BCUT2D eigenvalue weighted by atomic mass is 16.9. The maximum atomic E-state index is 13.3. The maximum absolute atomic E-state index is 13.3. The predicted octanol–water partition coefficient (Wildman–Crippen LogP) is -12.2. The van der Waals surface area contributed by atoms with Crippen molar-refractivity contribution in [2.75, 3.05) is 6.54 Å². The highest BCUT2D eigenvalue weighted by Crippen LogP contribution is 2.56. The summed E-state index contributed by atoms with van der Waals surface area (Å²) < 4.78 is 8.85. The van der Waals surface area contributed by atoms with Gasteiger partial charge < -0.3 is 106 Å². The van der Waals surface area contributed by atoms with E-state index in [1.54, 1.807) is 0 Å². The van der Waals surface area contributed by atoms with E-state index in [0.29, 0.717) is 12.1 Å². The zero-order valence-electron chi connectivity index (χ0n) is 20.9. The Kier molecular flexibility index (Phi) is 7.82. The van der Waals surface area contributed by atoms with Gasteiger partial charge in [-0.25, -0.2) is 10.6 Å². The quantitative estimate of drug-likeness (QED) is 0.118. The minimum atomic E-state index is -5.72. The number of hydrogen-bond donors (Lipinski definition) is 20. The molecule has 0 aromatic heterocycles. The molecule has 0 aliphatic carbocycles. The zero-order valence-corrected chi connectivity index (χ0v) is 20.9. The molecular formula is C19H28N2O22. The van der Waals surface area contributed by atoms with Crippen molar-refractivity contribution in [2.24, 2.45) is 5.73 Å². The van der Waals surface area contributed by atoms with Crippen LogP contribution < -0.4 is 15.2 Å². The van der Waals surface area contributed by atoms with E-state index in [-0.39, 0.29) is 10.5 Å². The van der Waals surface area contributed by atoms with Gasteiger partial charge in [0, 0.05) is 6.54 Å². The van der Waals surface area contributed by atoms with Gasteiger partial charge in [-0.1, -0.05) is 0 Å². The van der Waals surface area contributed by atoms with Crippen LogP contribution in [-0.4, -0.2) is 167 Å². The Morgan fingerprint density at radius 2 is 1.23 bits per heavy atom. The Balaban J connectivity index is 2.33. The molecule has 0 amide bonds. The lowest BCUT2D eigenvalue weighted by Crippen LogP contribution is -2.93. The van der Waals surface area contributed by atoms with Crippen molar-refractivity contribution < 1.29 is 111 Å². The van der Waals surface area contributed by atoms with Crippen LogP contribution in [0.15, 0.2) is 12.1 Å². The summed E-state index contributed by atoms with van der Waals surface area (Å²) in [7, 11) is 0. The van der Waals surface area contributed by atoms with Crippen LogP contribution in [0, 0.1) is 0 Å². The summed E-state index contributed by atoms with van der Waals surface area (Å²) in [5.41, 5.74) is -7.18. The topological polar surface area (TPSA) is 449 Å². The lowest BCUT2D eigenvalue weighted by Gasteiger charge is -2.62. The van der Waals surface area contributed by atoms with Crippen molar-refractivity contribution in [3.63, 3.8) is 0 Å². The van der Waals surface area contributed by atoms with Crippen LogP contribution in [0.25, 0.3) is 0 Å². The molecule has 0 spiro atoms. The molecule has 2 unspecified atom stereocenters. The molecule has 3 rings (SSSR count). The van der Waals surface area contributed by atoms with Crippen molar-refractivity contribution >= 4 is 5.78 Å². The Labute approximate surface area is 235 Å². The summed E-state index contributed by atoms with van der Waals surface area (Å²) in [5.74, 6) is -30.8. The lowest BCUT2D eigenvalue weighted by molar-refractivity contribution is -0.567. The second kappa shape index (κ2) is 9.58. The molecule has 21 N–H and O–H groups in total. The van der Waals surface area contributed by atoms with Crippen LogP contribution in [0.4, 0.5) is 0 Å².